The molecule has 0 amide bonds. The van der Waals surface area contributed by atoms with Crippen molar-refractivity contribution in [2.75, 3.05) is 30.4 Å². The summed E-state index contributed by atoms with van der Waals surface area (Å²) >= 11 is 0. The minimum atomic E-state index is -3.01. The molecule has 1 saturated heterocycles. The molecule has 1 N–H and O–H groups in total. The molecule has 4 heterocycles. The molecule has 1 aliphatic rings. The smallest absolute Gasteiger partial charge is 0.287 e. The van der Waals surface area contributed by atoms with Gasteiger partial charge in [0.15, 0.2) is 11.6 Å². The first-order valence-corrected chi connectivity index (χ1v) is 9.46. The van der Waals surface area contributed by atoms with Crippen molar-refractivity contribution in [3.63, 3.8) is 0 Å². The number of carbonyl (C=O) groups is 1. The lowest BCUT2D eigenvalue weighted by molar-refractivity contribution is -0.106. The molecule has 29 heavy (non-hydrogen) atoms. The maximum absolute atomic E-state index is 13.7. The Labute approximate surface area is 167 Å². The average Bonchev–Trinajstić information content (AvgIpc) is 3.35. The van der Waals surface area contributed by atoms with Crippen molar-refractivity contribution in [1.82, 2.24) is 19.7 Å². The first-order valence-electron chi connectivity index (χ1n) is 9.46. The lowest BCUT2D eigenvalue weighted by atomic mass is 10.2. The third-order valence-electron chi connectivity index (χ3n) is 4.61. The highest BCUT2D eigenvalue weighted by Crippen LogP contribution is 2.32. The van der Waals surface area contributed by atoms with E-state index in [1.807, 2.05) is 6.07 Å². The van der Waals surface area contributed by atoms with Gasteiger partial charge in [0.2, 0.25) is 0 Å². The fourth-order valence-electron chi connectivity index (χ4n) is 3.25. The highest BCUT2D eigenvalue weighted by atomic mass is 19.3. The van der Waals surface area contributed by atoms with Crippen molar-refractivity contribution in [3.8, 4) is 5.82 Å². The van der Waals surface area contributed by atoms with E-state index >= 15 is 0 Å². The Morgan fingerprint density at radius 1 is 1.24 bits per heavy atom. The Morgan fingerprint density at radius 2 is 1.93 bits per heavy atom. The fraction of sp³-hybridized carbons (Fsp3) is 0.400. The van der Waals surface area contributed by atoms with Gasteiger partial charge in [-0.05, 0) is 31.9 Å². The van der Waals surface area contributed by atoms with E-state index in [0.717, 1.165) is 55.9 Å². The number of alkyl halides is 2. The molecule has 0 bridgehead atoms. The standard InChI is InChI=1S/C18H20F2N6.C2H4O/c1-18(19,20)14-6-5-7-16(23-14)26-13-10-15(21-2)22-11-12(13)17(24-26)25-8-3-4-9-25;1-2-3/h5-7,10-11H,3-4,8-9H2,1-2H3,(H,21,22);2H,1H3. The van der Waals surface area contributed by atoms with E-state index < -0.39 is 5.92 Å². The molecule has 0 unspecified atom stereocenters. The van der Waals surface area contributed by atoms with Gasteiger partial charge in [0.05, 0.1) is 10.9 Å². The predicted molar refractivity (Wildman–Crippen MR) is 109 cm³/mol. The molecule has 3 aromatic rings. The number of hydrogen-bond acceptors (Lipinski definition) is 6. The largest absolute Gasteiger partial charge is 0.373 e. The number of carbonyl (C=O) groups excluding carboxylic acids is 1. The van der Waals surface area contributed by atoms with Crippen molar-refractivity contribution in [3.05, 3.63) is 36.2 Å². The van der Waals surface area contributed by atoms with Crippen LogP contribution < -0.4 is 10.2 Å². The van der Waals surface area contributed by atoms with Crippen LogP contribution in [0.25, 0.3) is 16.7 Å². The number of anilines is 2. The molecule has 0 atom stereocenters. The molecule has 0 saturated carbocycles. The van der Waals surface area contributed by atoms with Crippen molar-refractivity contribution in [1.29, 1.82) is 0 Å². The number of nitrogens with one attached hydrogen (secondary N) is 1. The molecule has 1 aliphatic heterocycles. The molecule has 0 aliphatic carbocycles. The summed E-state index contributed by atoms with van der Waals surface area (Å²) in [5.74, 6) is -1.13. The zero-order chi connectivity index (χ0) is 21.0. The van der Waals surface area contributed by atoms with Crippen LogP contribution in [0.1, 0.15) is 32.4 Å². The van der Waals surface area contributed by atoms with Crippen LogP contribution in [0.5, 0.6) is 0 Å². The lowest BCUT2D eigenvalue weighted by Gasteiger charge is -2.14. The van der Waals surface area contributed by atoms with E-state index in [2.05, 4.69) is 20.2 Å². The Kier molecular flexibility index (Phi) is 6.05. The van der Waals surface area contributed by atoms with Crippen molar-refractivity contribution < 1.29 is 13.6 Å². The van der Waals surface area contributed by atoms with Crippen LogP contribution in [-0.4, -0.2) is 46.2 Å². The highest BCUT2D eigenvalue weighted by Gasteiger charge is 2.27. The highest BCUT2D eigenvalue weighted by molar-refractivity contribution is 5.92. The van der Waals surface area contributed by atoms with Crippen LogP contribution in [0.3, 0.4) is 0 Å². The SMILES string of the molecule is CC=O.CNc1cc2c(cn1)c(N1CCCC1)nn2-c1cccc(C(C)(F)F)n1. The van der Waals surface area contributed by atoms with E-state index in [1.165, 1.54) is 13.0 Å². The monoisotopic (exact) mass is 402 g/mol. The van der Waals surface area contributed by atoms with Crippen LogP contribution in [-0.2, 0) is 10.7 Å². The Morgan fingerprint density at radius 3 is 2.55 bits per heavy atom. The maximum atomic E-state index is 13.7. The first-order chi connectivity index (χ1) is 13.9. The third kappa shape index (κ3) is 4.33. The lowest BCUT2D eigenvalue weighted by Crippen LogP contribution is -2.18. The van der Waals surface area contributed by atoms with Crippen molar-refractivity contribution in [2.45, 2.75) is 32.6 Å². The molecular weight excluding hydrogens is 378 g/mol. The summed E-state index contributed by atoms with van der Waals surface area (Å²) in [6.07, 6.45) is 4.76. The number of aromatic nitrogens is 4. The molecule has 0 spiro atoms. The van der Waals surface area contributed by atoms with Gasteiger partial charge in [-0.1, -0.05) is 6.07 Å². The first kappa shape index (κ1) is 20.6. The second-order valence-corrected chi connectivity index (χ2v) is 6.77. The predicted octanol–water partition coefficient (Wildman–Crippen LogP) is 3.77. The summed E-state index contributed by atoms with van der Waals surface area (Å²) in [7, 11) is 1.78. The van der Waals surface area contributed by atoms with Crippen molar-refractivity contribution >= 4 is 28.8 Å². The summed E-state index contributed by atoms with van der Waals surface area (Å²) in [6.45, 7) is 4.15. The second kappa shape index (κ2) is 8.50. The topological polar surface area (TPSA) is 75.9 Å². The molecule has 154 valence electrons. The van der Waals surface area contributed by atoms with E-state index in [-0.39, 0.29) is 5.69 Å². The van der Waals surface area contributed by atoms with Crippen molar-refractivity contribution in [2.24, 2.45) is 0 Å². The number of hydrogen-bond donors (Lipinski definition) is 1. The second-order valence-electron chi connectivity index (χ2n) is 6.77. The minimum absolute atomic E-state index is 0.274. The Hall–Kier alpha value is -3.10. The average molecular weight is 402 g/mol. The summed E-state index contributed by atoms with van der Waals surface area (Å²) < 4.78 is 29.1. The maximum Gasteiger partial charge on any atom is 0.287 e. The van der Waals surface area contributed by atoms with Gasteiger partial charge in [0.25, 0.3) is 5.92 Å². The van der Waals surface area contributed by atoms with Gasteiger partial charge in [-0.25, -0.2) is 14.6 Å². The number of rotatable bonds is 4. The van der Waals surface area contributed by atoms with Gasteiger partial charge in [0, 0.05) is 39.3 Å². The molecule has 7 nitrogen and oxygen atoms in total. The molecule has 0 radical (unpaired) electrons. The normalized spacial score (nSPS) is 13.9. The van der Waals surface area contributed by atoms with Gasteiger partial charge in [-0.15, -0.1) is 5.10 Å². The van der Waals surface area contributed by atoms with Crippen LogP contribution in [0.15, 0.2) is 30.5 Å². The summed E-state index contributed by atoms with van der Waals surface area (Å²) in [4.78, 5) is 19.6. The summed E-state index contributed by atoms with van der Waals surface area (Å²) in [6, 6.07) is 6.46. The zero-order valence-corrected chi connectivity index (χ0v) is 16.7. The molecule has 0 aromatic carbocycles. The van der Waals surface area contributed by atoms with Gasteiger partial charge in [-0.3, -0.25) is 0 Å². The number of fused-ring (bicyclic) bond motifs is 1. The molecule has 4 rings (SSSR count). The number of nitrogens with zero attached hydrogens (tertiary/aromatic N) is 5. The van der Waals surface area contributed by atoms with Crippen LogP contribution in [0, 0.1) is 0 Å². The molecule has 9 heteroatoms. The van der Waals surface area contributed by atoms with E-state index in [0.29, 0.717) is 11.6 Å². The number of aldehydes is 1. The third-order valence-corrected chi connectivity index (χ3v) is 4.61. The van der Waals surface area contributed by atoms with Crippen LogP contribution in [0.4, 0.5) is 20.4 Å². The fourth-order valence-corrected chi connectivity index (χ4v) is 3.25. The van der Waals surface area contributed by atoms with Crippen LogP contribution >= 0.6 is 0 Å². The van der Waals surface area contributed by atoms with Crippen LogP contribution in [0.2, 0.25) is 0 Å². The summed E-state index contributed by atoms with van der Waals surface area (Å²) in [5.41, 5.74) is 0.514. The van der Waals surface area contributed by atoms with Gasteiger partial charge in [0.1, 0.15) is 17.8 Å². The number of pyridine rings is 2. The molecule has 3 aromatic heterocycles. The Balaban J connectivity index is 0.000000755. The molecule has 1 fully saturated rings. The van der Waals surface area contributed by atoms with E-state index in [9.17, 15) is 8.78 Å². The zero-order valence-electron chi connectivity index (χ0n) is 16.7. The molecular formula is C20H24F2N6O. The number of halogens is 2. The van der Waals surface area contributed by atoms with Gasteiger partial charge in [-0.2, -0.15) is 8.78 Å². The van der Waals surface area contributed by atoms with Gasteiger partial charge >= 0.3 is 0 Å². The minimum Gasteiger partial charge on any atom is -0.373 e. The van der Waals surface area contributed by atoms with Gasteiger partial charge < -0.3 is 15.0 Å². The summed E-state index contributed by atoms with van der Waals surface area (Å²) in [5, 5.41) is 8.60. The van der Waals surface area contributed by atoms with E-state index in [1.54, 1.807) is 30.1 Å². The Bertz CT molecular complexity index is 992. The quantitative estimate of drug-likeness (QED) is 0.670. The van der Waals surface area contributed by atoms with E-state index in [4.69, 9.17) is 9.89 Å².